The largest absolute Gasteiger partial charge is 0.508 e. The Labute approximate surface area is 129 Å². The molecule has 0 spiro atoms. The Hall–Kier alpha value is -2.54. The average molecular weight is 322 g/mol. The van der Waals surface area contributed by atoms with Crippen LogP contribution in [0.15, 0.2) is 42.5 Å². The molecule has 2 aromatic carbocycles. The van der Waals surface area contributed by atoms with E-state index in [1.165, 1.54) is 12.1 Å². The molecule has 4 nitrogen and oxygen atoms in total. The van der Waals surface area contributed by atoms with Gasteiger partial charge in [0, 0.05) is 5.56 Å². The topological polar surface area (TPSA) is 69.1 Å². The van der Waals surface area contributed by atoms with Crippen LogP contribution in [-0.2, 0) is 5.60 Å². The van der Waals surface area contributed by atoms with E-state index < -0.39 is 28.9 Å². The zero-order chi connectivity index (χ0) is 16.8. The fraction of sp³-hybridized carbons (Fsp3) is 0.188. The number of aryl methyl sites for hydroxylation is 1. The number of nitrogens with zero attached hydrogens (tertiary/aromatic N) is 1. The third kappa shape index (κ3) is 2.33. The molecule has 3 N–H and O–H groups in total. The Balaban J connectivity index is 2.29. The molecule has 0 saturated carbocycles. The van der Waals surface area contributed by atoms with Crippen LogP contribution in [0.3, 0.4) is 0 Å². The molecule has 0 aliphatic rings. The van der Waals surface area contributed by atoms with E-state index >= 15 is 0 Å². The number of hydrogen-bond donors (Lipinski definition) is 3. The van der Waals surface area contributed by atoms with Crippen molar-refractivity contribution in [2.75, 3.05) is 0 Å². The number of nitrogens with one attached hydrogen (secondary N) is 1. The number of rotatable bonds is 2. The van der Waals surface area contributed by atoms with Crippen LogP contribution in [-0.4, -0.2) is 26.4 Å². The van der Waals surface area contributed by atoms with Gasteiger partial charge < -0.3 is 15.2 Å². The van der Waals surface area contributed by atoms with E-state index in [-0.39, 0.29) is 5.52 Å². The molecule has 1 atom stereocenters. The smallest absolute Gasteiger partial charge is 0.429 e. The standard InChI is InChI=1S/C16H13F3N2O2/c1-9-6-7-10(13(22)8-9)15(23,16(17,18)19)14-20-11-4-2-3-5-12(11)21-14/h2-8,22-23H,1H3,(H,20,21)/t15-/m0/s1. The summed E-state index contributed by atoms with van der Waals surface area (Å²) in [5.74, 6) is -1.34. The molecule has 1 heterocycles. The van der Waals surface area contributed by atoms with Crippen molar-refractivity contribution in [1.82, 2.24) is 9.97 Å². The number of para-hydroxylation sites is 2. The molecule has 0 amide bonds. The SMILES string of the molecule is Cc1ccc([C@](O)(c2nc3ccccc3[nH]2)C(F)(F)F)c(O)c1. The van der Waals surface area contributed by atoms with Gasteiger partial charge in [0.25, 0.3) is 0 Å². The molecule has 0 aliphatic heterocycles. The predicted molar refractivity (Wildman–Crippen MR) is 78.0 cm³/mol. The normalized spacial score (nSPS) is 14.8. The maximum atomic E-state index is 13.7. The fourth-order valence-electron chi connectivity index (χ4n) is 2.49. The number of alkyl halides is 3. The molecule has 120 valence electrons. The first-order valence-electron chi connectivity index (χ1n) is 6.78. The van der Waals surface area contributed by atoms with Crippen LogP contribution in [0.1, 0.15) is 17.0 Å². The van der Waals surface area contributed by atoms with Crippen molar-refractivity contribution in [2.24, 2.45) is 0 Å². The van der Waals surface area contributed by atoms with Crippen molar-refractivity contribution in [2.45, 2.75) is 18.7 Å². The third-order valence-corrected chi connectivity index (χ3v) is 3.69. The number of aliphatic hydroxyl groups is 1. The minimum Gasteiger partial charge on any atom is -0.508 e. The first-order valence-corrected chi connectivity index (χ1v) is 6.78. The van der Waals surface area contributed by atoms with Crippen LogP contribution in [0.5, 0.6) is 5.75 Å². The highest BCUT2D eigenvalue weighted by atomic mass is 19.4. The molecule has 0 saturated heterocycles. The van der Waals surface area contributed by atoms with Crippen LogP contribution in [0.2, 0.25) is 0 Å². The van der Waals surface area contributed by atoms with Crippen LogP contribution in [0.25, 0.3) is 11.0 Å². The maximum Gasteiger partial charge on any atom is 0.429 e. The molecule has 0 fully saturated rings. The zero-order valence-corrected chi connectivity index (χ0v) is 12.0. The Kier molecular flexibility index (Phi) is 3.33. The number of H-pyrrole nitrogens is 1. The molecule has 0 unspecified atom stereocenters. The number of benzene rings is 2. The van der Waals surface area contributed by atoms with E-state index in [1.807, 2.05) is 0 Å². The molecule has 3 rings (SSSR count). The first kappa shape index (κ1) is 15.4. The van der Waals surface area contributed by atoms with Gasteiger partial charge in [-0.2, -0.15) is 13.2 Å². The Bertz CT molecular complexity index is 840. The summed E-state index contributed by atoms with van der Waals surface area (Å²) in [5.41, 5.74) is -2.90. The van der Waals surface area contributed by atoms with Gasteiger partial charge in [0.05, 0.1) is 11.0 Å². The monoisotopic (exact) mass is 322 g/mol. The van der Waals surface area contributed by atoms with E-state index in [9.17, 15) is 23.4 Å². The van der Waals surface area contributed by atoms with Crippen molar-refractivity contribution in [3.8, 4) is 5.75 Å². The highest BCUT2D eigenvalue weighted by Gasteiger charge is 2.59. The lowest BCUT2D eigenvalue weighted by Crippen LogP contribution is -2.44. The fourth-order valence-corrected chi connectivity index (χ4v) is 2.49. The average Bonchev–Trinajstić information content (AvgIpc) is 2.89. The van der Waals surface area contributed by atoms with E-state index in [1.54, 1.807) is 25.1 Å². The molecule has 7 heteroatoms. The lowest BCUT2D eigenvalue weighted by Gasteiger charge is -2.29. The second-order valence-electron chi connectivity index (χ2n) is 5.33. The second kappa shape index (κ2) is 4.99. The number of halogens is 3. The second-order valence-corrected chi connectivity index (χ2v) is 5.33. The first-order chi connectivity index (χ1) is 10.7. The maximum absolute atomic E-state index is 13.7. The summed E-state index contributed by atoms with van der Waals surface area (Å²) >= 11 is 0. The van der Waals surface area contributed by atoms with Gasteiger partial charge >= 0.3 is 6.18 Å². The van der Waals surface area contributed by atoms with Gasteiger partial charge in [0.2, 0.25) is 5.60 Å². The summed E-state index contributed by atoms with van der Waals surface area (Å²) in [7, 11) is 0. The lowest BCUT2D eigenvalue weighted by molar-refractivity contribution is -0.251. The van der Waals surface area contributed by atoms with Gasteiger partial charge in [0.15, 0.2) is 5.82 Å². The van der Waals surface area contributed by atoms with Crippen molar-refractivity contribution in [1.29, 1.82) is 0 Å². The highest BCUT2D eigenvalue weighted by molar-refractivity contribution is 5.75. The summed E-state index contributed by atoms with van der Waals surface area (Å²) in [6, 6.07) is 9.94. The summed E-state index contributed by atoms with van der Waals surface area (Å²) < 4.78 is 41.0. The van der Waals surface area contributed by atoms with Crippen LogP contribution in [0, 0.1) is 6.92 Å². The van der Waals surface area contributed by atoms with E-state index in [4.69, 9.17) is 0 Å². The molecule has 0 bridgehead atoms. The van der Waals surface area contributed by atoms with Crippen LogP contribution >= 0.6 is 0 Å². The van der Waals surface area contributed by atoms with Crippen molar-refractivity contribution in [3.05, 3.63) is 59.4 Å². The lowest BCUT2D eigenvalue weighted by atomic mass is 9.90. The van der Waals surface area contributed by atoms with Crippen LogP contribution < -0.4 is 0 Å². The number of imidazole rings is 1. The molecule has 3 aromatic rings. The molecule has 1 aromatic heterocycles. The van der Waals surface area contributed by atoms with Crippen molar-refractivity contribution < 1.29 is 23.4 Å². The molecule has 0 aliphatic carbocycles. The zero-order valence-electron chi connectivity index (χ0n) is 12.0. The highest BCUT2D eigenvalue weighted by Crippen LogP contribution is 2.46. The summed E-state index contributed by atoms with van der Waals surface area (Å²) in [6.45, 7) is 1.62. The summed E-state index contributed by atoms with van der Waals surface area (Å²) in [5, 5.41) is 20.4. The van der Waals surface area contributed by atoms with Gasteiger partial charge in [-0.05, 0) is 30.7 Å². The minimum absolute atomic E-state index is 0.289. The Morgan fingerprint density at radius 2 is 1.78 bits per heavy atom. The number of aromatic nitrogens is 2. The molecular weight excluding hydrogens is 309 g/mol. The van der Waals surface area contributed by atoms with Gasteiger partial charge in [0.1, 0.15) is 5.75 Å². The number of phenols is 1. The Morgan fingerprint density at radius 3 is 2.39 bits per heavy atom. The Morgan fingerprint density at radius 1 is 1.09 bits per heavy atom. The predicted octanol–water partition coefficient (Wildman–Crippen LogP) is 3.38. The summed E-state index contributed by atoms with van der Waals surface area (Å²) in [4.78, 5) is 6.35. The molecule has 23 heavy (non-hydrogen) atoms. The summed E-state index contributed by atoms with van der Waals surface area (Å²) in [6.07, 6.45) is -5.08. The van der Waals surface area contributed by atoms with Gasteiger partial charge in [-0.15, -0.1) is 0 Å². The van der Waals surface area contributed by atoms with E-state index in [2.05, 4.69) is 9.97 Å². The van der Waals surface area contributed by atoms with Gasteiger partial charge in [-0.25, -0.2) is 4.98 Å². The van der Waals surface area contributed by atoms with Gasteiger partial charge in [-0.3, -0.25) is 0 Å². The third-order valence-electron chi connectivity index (χ3n) is 3.69. The number of phenolic OH excluding ortho intramolecular Hbond substituents is 1. The minimum atomic E-state index is -5.08. The number of hydrogen-bond acceptors (Lipinski definition) is 3. The van der Waals surface area contributed by atoms with E-state index in [0.717, 1.165) is 12.1 Å². The van der Waals surface area contributed by atoms with Crippen LogP contribution in [0.4, 0.5) is 13.2 Å². The molecular formula is C16H13F3N2O2. The number of aromatic amines is 1. The number of aromatic hydroxyl groups is 1. The van der Waals surface area contributed by atoms with Crippen molar-refractivity contribution >= 4 is 11.0 Å². The number of fused-ring (bicyclic) bond motifs is 1. The quantitative estimate of drug-likeness (QED) is 0.677. The van der Waals surface area contributed by atoms with E-state index in [0.29, 0.717) is 11.1 Å². The van der Waals surface area contributed by atoms with Gasteiger partial charge in [-0.1, -0.05) is 24.3 Å². The van der Waals surface area contributed by atoms with Crippen molar-refractivity contribution in [3.63, 3.8) is 0 Å². The molecule has 0 radical (unpaired) electrons.